The first-order valence-electron chi connectivity index (χ1n) is 7.01. The lowest BCUT2D eigenvalue weighted by Crippen LogP contribution is -2.36. The monoisotopic (exact) mass is 267 g/mol. The standard InChI is InChI=1S/C15H26FN3/c1-6-8-19(7-2)14-12(9-13(16)11-17-14)10-18-15(3,4)5/h9,11,18H,6-8,10H2,1-5H3. The zero-order valence-electron chi connectivity index (χ0n) is 12.8. The van der Waals surface area contributed by atoms with Gasteiger partial charge in [-0.2, -0.15) is 0 Å². The summed E-state index contributed by atoms with van der Waals surface area (Å²) in [7, 11) is 0. The second-order valence-corrected chi connectivity index (χ2v) is 5.82. The topological polar surface area (TPSA) is 28.2 Å². The van der Waals surface area contributed by atoms with Crippen molar-refractivity contribution in [3.63, 3.8) is 0 Å². The van der Waals surface area contributed by atoms with Crippen LogP contribution in [0.5, 0.6) is 0 Å². The van der Waals surface area contributed by atoms with Crippen molar-refractivity contribution in [3.8, 4) is 0 Å². The van der Waals surface area contributed by atoms with Gasteiger partial charge >= 0.3 is 0 Å². The van der Waals surface area contributed by atoms with Gasteiger partial charge in [0.1, 0.15) is 11.6 Å². The second kappa shape index (κ2) is 6.85. The minimum Gasteiger partial charge on any atom is -0.357 e. The molecule has 0 fully saturated rings. The van der Waals surface area contributed by atoms with Crippen molar-refractivity contribution in [3.05, 3.63) is 23.6 Å². The van der Waals surface area contributed by atoms with E-state index in [0.717, 1.165) is 30.9 Å². The average Bonchev–Trinajstić information content (AvgIpc) is 2.33. The van der Waals surface area contributed by atoms with Crippen molar-refractivity contribution in [2.45, 2.75) is 53.1 Å². The summed E-state index contributed by atoms with van der Waals surface area (Å²) in [5.41, 5.74) is 0.927. The van der Waals surface area contributed by atoms with E-state index < -0.39 is 0 Å². The molecule has 19 heavy (non-hydrogen) atoms. The van der Waals surface area contributed by atoms with E-state index in [-0.39, 0.29) is 11.4 Å². The van der Waals surface area contributed by atoms with Gasteiger partial charge in [0.05, 0.1) is 6.20 Å². The average molecular weight is 267 g/mol. The highest BCUT2D eigenvalue weighted by molar-refractivity contribution is 5.46. The Bertz CT molecular complexity index is 399. The number of rotatable bonds is 6. The Morgan fingerprint density at radius 1 is 1.32 bits per heavy atom. The van der Waals surface area contributed by atoms with Crippen LogP contribution in [0.25, 0.3) is 0 Å². The van der Waals surface area contributed by atoms with Crippen molar-refractivity contribution in [2.24, 2.45) is 0 Å². The van der Waals surface area contributed by atoms with E-state index in [1.54, 1.807) is 6.07 Å². The zero-order chi connectivity index (χ0) is 14.5. The maximum atomic E-state index is 13.4. The quantitative estimate of drug-likeness (QED) is 0.856. The minimum atomic E-state index is -0.276. The normalized spacial score (nSPS) is 11.7. The third-order valence-electron chi connectivity index (χ3n) is 2.89. The first kappa shape index (κ1) is 15.9. The van der Waals surface area contributed by atoms with Crippen LogP contribution < -0.4 is 10.2 Å². The Hall–Kier alpha value is -1.16. The van der Waals surface area contributed by atoms with Crippen molar-refractivity contribution in [2.75, 3.05) is 18.0 Å². The molecule has 0 saturated carbocycles. The fraction of sp³-hybridized carbons (Fsp3) is 0.667. The third kappa shape index (κ3) is 5.15. The first-order chi connectivity index (χ1) is 8.87. The van der Waals surface area contributed by atoms with Gasteiger partial charge in [-0.3, -0.25) is 0 Å². The van der Waals surface area contributed by atoms with Gasteiger partial charge in [-0.1, -0.05) is 6.92 Å². The van der Waals surface area contributed by atoms with Gasteiger partial charge in [0.15, 0.2) is 0 Å². The van der Waals surface area contributed by atoms with Gasteiger partial charge in [0.2, 0.25) is 0 Å². The molecule has 1 rings (SSSR count). The molecule has 108 valence electrons. The molecule has 1 heterocycles. The van der Waals surface area contributed by atoms with E-state index in [0.29, 0.717) is 6.54 Å². The van der Waals surface area contributed by atoms with Crippen molar-refractivity contribution in [1.29, 1.82) is 0 Å². The summed E-state index contributed by atoms with van der Waals surface area (Å²) in [6.07, 6.45) is 2.35. The van der Waals surface area contributed by atoms with E-state index in [1.165, 1.54) is 6.20 Å². The molecule has 0 unspecified atom stereocenters. The highest BCUT2D eigenvalue weighted by Crippen LogP contribution is 2.19. The molecule has 0 amide bonds. The van der Waals surface area contributed by atoms with Gasteiger partial charge in [0.25, 0.3) is 0 Å². The molecular formula is C15H26FN3. The summed E-state index contributed by atoms with van der Waals surface area (Å²) in [5.74, 6) is 0.615. The summed E-state index contributed by atoms with van der Waals surface area (Å²) in [5, 5.41) is 3.39. The first-order valence-corrected chi connectivity index (χ1v) is 7.01. The van der Waals surface area contributed by atoms with Crippen LogP contribution in [0.3, 0.4) is 0 Å². The SMILES string of the molecule is CCCN(CC)c1ncc(F)cc1CNC(C)(C)C. The number of halogens is 1. The number of anilines is 1. The van der Waals surface area contributed by atoms with Gasteiger partial charge in [-0.05, 0) is 40.2 Å². The molecule has 0 bridgehead atoms. The van der Waals surface area contributed by atoms with Gasteiger partial charge < -0.3 is 10.2 Å². The van der Waals surface area contributed by atoms with Crippen LogP contribution in [-0.2, 0) is 6.54 Å². The maximum Gasteiger partial charge on any atom is 0.141 e. The molecule has 0 aliphatic rings. The Morgan fingerprint density at radius 3 is 2.53 bits per heavy atom. The van der Waals surface area contributed by atoms with Crippen LogP contribution >= 0.6 is 0 Å². The number of hydrogen-bond donors (Lipinski definition) is 1. The molecule has 1 aromatic heterocycles. The molecule has 0 saturated heterocycles. The van der Waals surface area contributed by atoms with Crippen LogP contribution in [0.15, 0.2) is 12.3 Å². The van der Waals surface area contributed by atoms with Crippen molar-refractivity contribution in [1.82, 2.24) is 10.3 Å². The van der Waals surface area contributed by atoms with Gasteiger partial charge in [-0.15, -0.1) is 0 Å². The van der Waals surface area contributed by atoms with Crippen LogP contribution in [0.1, 0.15) is 46.6 Å². The van der Waals surface area contributed by atoms with Crippen molar-refractivity contribution >= 4 is 5.82 Å². The Morgan fingerprint density at radius 2 is 2.00 bits per heavy atom. The molecule has 4 heteroatoms. The molecule has 0 aliphatic carbocycles. The highest BCUT2D eigenvalue weighted by Gasteiger charge is 2.15. The van der Waals surface area contributed by atoms with E-state index >= 15 is 0 Å². The Labute approximate surface area is 116 Å². The molecule has 0 aromatic carbocycles. The number of aromatic nitrogens is 1. The summed E-state index contributed by atoms with van der Waals surface area (Å²) in [6.45, 7) is 13.0. The molecule has 1 N–H and O–H groups in total. The lowest BCUT2D eigenvalue weighted by atomic mass is 10.1. The lowest BCUT2D eigenvalue weighted by Gasteiger charge is -2.26. The summed E-state index contributed by atoms with van der Waals surface area (Å²) < 4.78 is 13.4. The molecule has 1 aromatic rings. The number of nitrogens with zero attached hydrogens (tertiary/aromatic N) is 2. The Balaban J connectivity index is 2.96. The second-order valence-electron chi connectivity index (χ2n) is 5.82. The summed E-state index contributed by atoms with van der Waals surface area (Å²) >= 11 is 0. The van der Waals surface area contributed by atoms with E-state index in [2.05, 4.69) is 49.8 Å². The van der Waals surface area contributed by atoms with Crippen LogP contribution in [0, 0.1) is 5.82 Å². The highest BCUT2D eigenvalue weighted by atomic mass is 19.1. The molecule has 0 atom stereocenters. The van der Waals surface area contributed by atoms with Crippen molar-refractivity contribution < 1.29 is 4.39 Å². The maximum absolute atomic E-state index is 13.4. The number of pyridine rings is 1. The molecule has 0 aliphatic heterocycles. The number of nitrogens with one attached hydrogen (secondary N) is 1. The third-order valence-corrected chi connectivity index (χ3v) is 2.89. The largest absolute Gasteiger partial charge is 0.357 e. The van der Waals surface area contributed by atoms with Crippen LogP contribution in [-0.4, -0.2) is 23.6 Å². The molecule has 0 radical (unpaired) electrons. The smallest absolute Gasteiger partial charge is 0.141 e. The lowest BCUT2D eigenvalue weighted by molar-refractivity contribution is 0.423. The molecular weight excluding hydrogens is 241 g/mol. The summed E-state index contributed by atoms with van der Waals surface area (Å²) in [6, 6.07) is 1.58. The number of hydrogen-bond acceptors (Lipinski definition) is 3. The fourth-order valence-corrected chi connectivity index (χ4v) is 1.93. The van der Waals surface area contributed by atoms with Gasteiger partial charge in [0, 0.05) is 30.7 Å². The van der Waals surface area contributed by atoms with E-state index in [4.69, 9.17) is 0 Å². The summed E-state index contributed by atoms with van der Waals surface area (Å²) in [4.78, 5) is 6.47. The van der Waals surface area contributed by atoms with E-state index in [9.17, 15) is 4.39 Å². The predicted octanol–water partition coefficient (Wildman–Crippen LogP) is 3.35. The van der Waals surface area contributed by atoms with Crippen LogP contribution in [0.4, 0.5) is 10.2 Å². The minimum absolute atomic E-state index is 0.00535. The van der Waals surface area contributed by atoms with E-state index in [1.807, 2.05) is 0 Å². The van der Waals surface area contributed by atoms with Gasteiger partial charge in [-0.25, -0.2) is 9.37 Å². The Kier molecular flexibility index (Phi) is 5.73. The zero-order valence-corrected chi connectivity index (χ0v) is 12.8. The molecule has 0 spiro atoms. The fourth-order valence-electron chi connectivity index (χ4n) is 1.93. The van der Waals surface area contributed by atoms with Crippen LogP contribution in [0.2, 0.25) is 0 Å². The predicted molar refractivity (Wildman–Crippen MR) is 79.0 cm³/mol. The molecule has 3 nitrogen and oxygen atoms in total.